The molecule has 136 valence electrons. The molecule has 1 unspecified atom stereocenters. The zero-order valence-electron chi connectivity index (χ0n) is 14.8. The maximum atomic E-state index is 12.5. The molecule has 2 aliphatic heterocycles. The van der Waals surface area contributed by atoms with Crippen molar-refractivity contribution < 1.29 is 4.79 Å². The van der Waals surface area contributed by atoms with Gasteiger partial charge in [-0.25, -0.2) is 4.98 Å². The van der Waals surface area contributed by atoms with Crippen LogP contribution in [0.3, 0.4) is 0 Å². The highest BCUT2D eigenvalue weighted by molar-refractivity contribution is 5.77. The monoisotopic (exact) mass is 352 g/mol. The molecule has 26 heavy (non-hydrogen) atoms. The summed E-state index contributed by atoms with van der Waals surface area (Å²) in [5.41, 5.74) is 6.85. The van der Waals surface area contributed by atoms with Crippen LogP contribution in [0.15, 0.2) is 36.7 Å². The Kier molecular flexibility index (Phi) is 4.44. The Morgan fingerprint density at radius 3 is 2.85 bits per heavy atom. The molecular weight excluding hydrogens is 328 g/mol. The summed E-state index contributed by atoms with van der Waals surface area (Å²) in [4.78, 5) is 29.8. The fourth-order valence-corrected chi connectivity index (χ4v) is 4.16. The fourth-order valence-electron chi connectivity index (χ4n) is 4.16. The van der Waals surface area contributed by atoms with Gasteiger partial charge in [0, 0.05) is 43.9 Å². The van der Waals surface area contributed by atoms with Gasteiger partial charge in [0.15, 0.2) is 0 Å². The second-order valence-electron chi connectivity index (χ2n) is 7.38. The number of piperidine rings is 2. The van der Waals surface area contributed by atoms with Gasteiger partial charge in [-0.1, -0.05) is 6.07 Å². The van der Waals surface area contributed by atoms with Gasteiger partial charge in [-0.2, -0.15) is 4.98 Å². The summed E-state index contributed by atoms with van der Waals surface area (Å²) in [5, 5.41) is 0. The average Bonchev–Trinajstić information content (AvgIpc) is 2.66. The molecule has 0 radical (unpaired) electrons. The smallest absolute Gasteiger partial charge is 0.227 e. The van der Waals surface area contributed by atoms with Gasteiger partial charge in [-0.3, -0.25) is 9.78 Å². The van der Waals surface area contributed by atoms with Crippen LogP contribution < -0.4 is 10.6 Å². The van der Waals surface area contributed by atoms with Crippen molar-refractivity contribution in [1.29, 1.82) is 0 Å². The van der Waals surface area contributed by atoms with Crippen LogP contribution in [0, 0.1) is 5.41 Å². The highest BCUT2D eigenvalue weighted by atomic mass is 16.2. The molecule has 1 amide bonds. The van der Waals surface area contributed by atoms with Crippen molar-refractivity contribution in [3.63, 3.8) is 0 Å². The van der Waals surface area contributed by atoms with Gasteiger partial charge in [0.2, 0.25) is 11.9 Å². The number of hydrogen-bond acceptors (Lipinski definition) is 6. The van der Waals surface area contributed by atoms with Crippen LogP contribution in [0.1, 0.15) is 31.4 Å². The van der Waals surface area contributed by atoms with Gasteiger partial charge in [0.05, 0.1) is 12.2 Å². The van der Waals surface area contributed by atoms with E-state index in [1.807, 2.05) is 23.1 Å². The van der Waals surface area contributed by atoms with E-state index in [0.717, 1.165) is 44.6 Å². The Bertz CT molecular complexity index is 783. The maximum Gasteiger partial charge on any atom is 0.227 e. The summed E-state index contributed by atoms with van der Waals surface area (Å²) in [6, 6.07) is 7.54. The number of likely N-dealkylation sites (tertiary alicyclic amines) is 1. The van der Waals surface area contributed by atoms with Gasteiger partial charge in [-0.05, 0) is 37.5 Å². The minimum Gasteiger partial charge on any atom is -0.384 e. The van der Waals surface area contributed by atoms with Gasteiger partial charge >= 0.3 is 0 Å². The summed E-state index contributed by atoms with van der Waals surface area (Å²) >= 11 is 0. The Balaban J connectivity index is 1.51. The second-order valence-corrected chi connectivity index (χ2v) is 7.38. The van der Waals surface area contributed by atoms with Crippen molar-refractivity contribution in [3.05, 3.63) is 42.4 Å². The number of nitrogens with zero attached hydrogens (tertiary/aromatic N) is 5. The zero-order chi connectivity index (χ0) is 18.0. The summed E-state index contributed by atoms with van der Waals surface area (Å²) in [6.07, 6.45) is 7.19. The van der Waals surface area contributed by atoms with Crippen LogP contribution in [0.25, 0.3) is 0 Å². The van der Waals surface area contributed by atoms with E-state index < -0.39 is 0 Å². The van der Waals surface area contributed by atoms with Gasteiger partial charge < -0.3 is 15.5 Å². The van der Waals surface area contributed by atoms with E-state index in [-0.39, 0.29) is 11.3 Å². The molecule has 1 spiro atoms. The number of nitrogen functional groups attached to an aromatic ring is 1. The number of aromatic nitrogens is 3. The topological polar surface area (TPSA) is 88.2 Å². The molecule has 2 aliphatic rings. The first-order valence-corrected chi connectivity index (χ1v) is 9.15. The number of anilines is 2. The number of pyridine rings is 1. The first kappa shape index (κ1) is 16.8. The van der Waals surface area contributed by atoms with Crippen molar-refractivity contribution in [2.75, 3.05) is 30.3 Å². The van der Waals surface area contributed by atoms with E-state index in [1.54, 1.807) is 18.5 Å². The molecule has 2 aromatic rings. The molecule has 0 saturated carbocycles. The number of hydrogen-bond donors (Lipinski definition) is 1. The van der Waals surface area contributed by atoms with Crippen LogP contribution in [0.5, 0.6) is 0 Å². The van der Waals surface area contributed by atoms with Crippen molar-refractivity contribution >= 4 is 17.7 Å². The van der Waals surface area contributed by atoms with Crippen molar-refractivity contribution in [3.8, 4) is 0 Å². The Hall–Kier alpha value is -2.70. The quantitative estimate of drug-likeness (QED) is 0.907. The third kappa shape index (κ3) is 3.47. The summed E-state index contributed by atoms with van der Waals surface area (Å²) < 4.78 is 0. The standard InChI is InChI=1S/C19H24N6O/c20-16-6-10-22-18(23-16)24-11-3-7-19(13-24)8-5-17(26)25(14-19)12-15-4-1-2-9-21-15/h1-2,4,6,9-10H,3,5,7-8,11-14H2,(H2,20,22,23). The molecule has 4 rings (SSSR count). The predicted molar refractivity (Wildman–Crippen MR) is 99.2 cm³/mol. The van der Waals surface area contributed by atoms with E-state index in [2.05, 4.69) is 19.9 Å². The molecule has 0 aromatic carbocycles. The van der Waals surface area contributed by atoms with Crippen LogP contribution >= 0.6 is 0 Å². The summed E-state index contributed by atoms with van der Waals surface area (Å²) in [6.45, 7) is 3.14. The summed E-state index contributed by atoms with van der Waals surface area (Å²) in [5.74, 6) is 1.40. The van der Waals surface area contributed by atoms with Gasteiger partial charge in [0.1, 0.15) is 5.82 Å². The first-order valence-electron chi connectivity index (χ1n) is 9.15. The van der Waals surface area contributed by atoms with Crippen molar-refractivity contribution in [1.82, 2.24) is 19.9 Å². The number of carbonyl (C=O) groups excluding carboxylic acids is 1. The third-order valence-electron chi connectivity index (χ3n) is 5.44. The highest BCUT2D eigenvalue weighted by Gasteiger charge is 2.42. The predicted octanol–water partition coefficient (Wildman–Crippen LogP) is 1.86. The summed E-state index contributed by atoms with van der Waals surface area (Å²) in [7, 11) is 0. The van der Waals surface area contributed by atoms with Gasteiger partial charge in [-0.15, -0.1) is 0 Å². The molecule has 7 nitrogen and oxygen atoms in total. The van der Waals surface area contributed by atoms with Gasteiger partial charge in [0.25, 0.3) is 0 Å². The van der Waals surface area contributed by atoms with E-state index in [9.17, 15) is 4.79 Å². The number of carbonyl (C=O) groups is 1. The molecule has 4 heterocycles. The third-order valence-corrected chi connectivity index (χ3v) is 5.44. The highest BCUT2D eigenvalue weighted by Crippen LogP contribution is 2.40. The molecule has 2 saturated heterocycles. The second kappa shape index (κ2) is 6.90. The van der Waals surface area contributed by atoms with Crippen LogP contribution in [0.2, 0.25) is 0 Å². The molecular formula is C19H24N6O. The molecule has 1 atom stereocenters. The minimum atomic E-state index is 0.0922. The molecule has 2 N–H and O–H groups in total. The molecule has 0 aliphatic carbocycles. The van der Waals surface area contributed by atoms with Crippen molar-refractivity contribution in [2.45, 2.75) is 32.2 Å². The lowest BCUT2D eigenvalue weighted by Gasteiger charge is -2.48. The molecule has 2 aromatic heterocycles. The van der Waals surface area contributed by atoms with Crippen molar-refractivity contribution in [2.24, 2.45) is 5.41 Å². The lowest BCUT2D eigenvalue weighted by molar-refractivity contribution is -0.138. The first-order chi connectivity index (χ1) is 12.6. The molecule has 7 heteroatoms. The lowest BCUT2D eigenvalue weighted by Crippen LogP contribution is -2.54. The Labute approximate surface area is 153 Å². The number of rotatable bonds is 3. The largest absolute Gasteiger partial charge is 0.384 e. The van der Waals surface area contributed by atoms with E-state index in [4.69, 9.17) is 5.73 Å². The normalized spacial score (nSPS) is 23.5. The average molecular weight is 352 g/mol. The van der Waals surface area contributed by atoms with Crippen LogP contribution in [0.4, 0.5) is 11.8 Å². The van der Waals surface area contributed by atoms with E-state index in [1.165, 1.54) is 0 Å². The SMILES string of the molecule is Nc1ccnc(N2CCCC3(CCC(=O)N(Cc4ccccn4)C3)C2)n1. The Morgan fingerprint density at radius 2 is 2.04 bits per heavy atom. The molecule has 2 fully saturated rings. The molecule has 0 bridgehead atoms. The Morgan fingerprint density at radius 1 is 1.12 bits per heavy atom. The zero-order valence-corrected chi connectivity index (χ0v) is 14.8. The number of nitrogens with two attached hydrogens (primary N) is 1. The van der Waals surface area contributed by atoms with E-state index >= 15 is 0 Å². The maximum absolute atomic E-state index is 12.5. The lowest BCUT2D eigenvalue weighted by atomic mass is 9.73. The van der Waals surface area contributed by atoms with Crippen LogP contribution in [-0.4, -0.2) is 45.4 Å². The minimum absolute atomic E-state index is 0.0922. The number of amides is 1. The van der Waals surface area contributed by atoms with E-state index in [0.29, 0.717) is 24.7 Å². The van der Waals surface area contributed by atoms with Crippen LogP contribution in [-0.2, 0) is 11.3 Å². The fraction of sp³-hybridized carbons (Fsp3) is 0.474.